The van der Waals surface area contributed by atoms with Gasteiger partial charge in [-0.05, 0) is 46.9 Å². The van der Waals surface area contributed by atoms with E-state index in [1.165, 1.54) is 0 Å². The lowest BCUT2D eigenvalue weighted by Gasteiger charge is -2.24. The van der Waals surface area contributed by atoms with Gasteiger partial charge < -0.3 is 10.4 Å². The van der Waals surface area contributed by atoms with Gasteiger partial charge >= 0.3 is 0 Å². The number of benzene rings is 1. The molecule has 1 saturated heterocycles. The first-order chi connectivity index (χ1) is 9.11. The number of aliphatic hydroxyl groups is 1. The molecular formula is C14H19BrN2O2. The number of aliphatic hydroxyl groups excluding tert-OH is 1. The van der Waals surface area contributed by atoms with E-state index in [1.54, 1.807) is 0 Å². The summed E-state index contributed by atoms with van der Waals surface area (Å²) in [6, 6.07) is 7.64. The number of hydrogen-bond donors (Lipinski definition) is 2. The van der Waals surface area contributed by atoms with Crippen molar-refractivity contribution in [2.75, 3.05) is 25.0 Å². The van der Waals surface area contributed by atoms with E-state index in [2.05, 4.69) is 33.1 Å². The molecule has 0 radical (unpaired) electrons. The molecule has 2 N–H and O–H groups in total. The van der Waals surface area contributed by atoms with E-state index in [1.807, 2.05) is 24.3 Å². The molecule has 19 heavy (non-hydrogen) atoms. The van der Waals surface area contributed by atoms with Crippen molar-refractivity contribution < 1.29 is 9.90 Å². The van der Waals surface area contributed by atoms with Crippen LogP contribution in [0.3, 0.4) is 0 Å². The highest BCUT2D eigenvalue weighted by Crippen LogP contribution is 2.24. The SMILES string of the molecule is CC1CCN(CC(=O)Nc2ccccc2Br)C1CO. The van der Waals surface area contributed by atoms with Gasteiger partial charge in [-0.15, -0.1) is 0 Å². The fourth-order valence-electron chi connectivity index (χ4n) is 2.52. The zero-order valence-electron chi connectivity index (χ0n) is 11.0. The molecule has 2 rings (SSSR count). The minimum atomic E-state index is -0.0422. The van der Waals surface area contributed by atoms with Crippen molar-refractivity contribution in [3.05, 3.63) is 28.7 Å². The quantitative estimate of drug-likeness (QED) is 0.890. The number of hydrogen-bond acceptors (Lipinski definition) is 3. The fraction of sp³-hybridized carbons (Fsp3) is 0.500. The number of amides is 1. The Bertz CT molecular complexity index is 453. The highest BCUT2D eigenvalue weighted by molar-refractivity contribution is 9.10. The Labute approximate surface area is 121 Å². The molecular weight excluding hydrogens is 308 g/mol. The molecule has 1 fully saturated rings. The molecule has 0 saturated carbocycles. The van der Waals surface area contributed by atoms with Gasteiger partial charge in [0.2, 0.25) is 5.91 Å². The second-order valence-corrected chi connectivity index (χ2v) is 5.87. The van der Waals surface area contributed by atoms with Crippen LogP contribution in [0.5, 0.6) is 0 Å². The molecule has 1 aromatic carbocycles. The molecule has 1 aromatic rings. The first kappa shape index (κ1) is 14.5. The smallest absolute Gasteiger partial charge is 0.238 e. The summed E-state index contributed by atoms with van der Waals surface area (Å²) in [7, 11) is 0. The van der Waals surface area contributed by atoms with Gasteiger partial charge in [-0.3, -0.25) is 9.69 Å². The minimum absolute atomic E-state index is 0.0422. The average molecular weight is 327 g/mol. The third-order valence-corrected chi connectivity index (χ3v) is 4.37. The zero-order valence-corrected chi connectivity index (χ0v) is 12.6. The zero-order chi connectivity index (χ0) is 13.8. The van der Waals surface area contributed by atoms with Crippen LogP contribution in [0.1, 0.15) is 13.3 Å². The number of likely N-dealkylation sites (tertiary alicyclic amines) is 1. The molecule has 1 heterocycles. The molecule has 4 nitrogen and oxygen atoms in total. The Hall–Kier alpha value is -0.910. The van der Waals surface area contributed by atoms with Crippen molar-refractivity contribution in [1.82, 2.24) is 4.90 Å². The van der Waals surface area contributed by atoms with E-state index in [0.29, 0.717) is 12.5 Å². The molecule has 0 bridgehead atoms. The lowest BCUT2D eigenvalue weighted by molar-refractivity contribution is -0.117. The summed E-state index contributed by atoms with van der Waals surface area (Å²) in [5, 5.41) is 12.3. The number of halogens is 1. The Morgan fingerprint density at radius 2 is 2.26 bits per heavy atom. The van der Waals surface area contributed by atoms with Gasteiger partial charge in [0.05, 0.1) is 18.8 Å². The predicted molar refractivity (Wildman–Crippen MR) is 79.0 cm³/mol. The Morgan fingerprint density at radius 1 is 1.53 bits per heavy atom. The number of nitrogens with one attached hydrogen (secondary N) is 1. The van der Waals surface area contributed by atoms with Gasteiger partial charge in [-0.25, -0.2) is 0 Å². The van der Waals surface area contributed by atoms with Crippen molar-refractivity contribution in [3.8, 4) is 0 Å². The summed E-state index contributed by atoms with van der Waals surface area (Å²) in [5.74, 6) is 0.403. The lowest BCUT2D eigenvalue weighted by Crippen LogP contribution is -2.40. The van der Waals surface area contributed by atoms with Crippen molar-refractivity contribution in [2.24, 2.45) is 5.92 Å². The van der Waals surface area contributed by atoms with Crippen LogP contribution < -0.4 is 5.32 Å². The van der Waals surface area contributed by atoms with Crippen LogP contribution in [-0.4, -0.2) is 41.7 Å². The van der Waals surface area contributed by atoms with Gasteiger partial charge in [-0.1, -0.05) is 19.1 Å². The second-order valence-electron chi connectivity index (χ2n) is 5.01. The number of nitrogens with zero attached hydrogens (tertiary/aromatic N) is 1. The van der Waals surface area contributed by atoms with Crippen LogP contribution in [-0.2, 0) is 4.79 Å². The minimum Gasteiger partial charge on any atom is -0.395 e. The van der Waals surface area contributed by atoms with Crippen LogP contribution in [0.25, 0.3) is 0 Å². The van der Waals surface area contributed by atoms with Crippen LogP contribution >= 0.6 is 15.9 Å². The first-order valence-corrected chi connectivity index (χ1v) is 7.30. The van der Waals surface area contributed by atoms with Gasteiger partial charge in [0.15, 0.2) is 0 Å². The van der Waals surface area contributed by atoms with E-state index in [4.69, 9.17) is 0 Å². The van der Waals surface area contributed by atoms with Crippen LogP contribution in [0.4, 0.5) is 5.69 Å². The Kier molecular flexibility index (Phi) is 4.96. The first-order valence-electron chi connectivity index (χ1n) is 6.51. The van der Waals surface area contributed by atoms with Gasteiger partial charge in [-0.2, -0.15) is 0 Å². The third kappa shape index (κ3) is 3.55. The lowest BCUT2D eigenvalue weighted by atomic mass is 10.0. The van der Waals surface area contributed by atoms with Crippen molar-refractivity contribution in [2.45, 2.75) is 19.4 Å². The van der Waals surface area contributed by atoms with Crippen molar-refractivity contribution >= 4 is 27.5 Å². The summed E-state index contributed by atoms with van der Waals surface area (Å²) in [6.07, 6.45) is 1.04. The van der Waals surface area contributed by atoms with Gasteiger partial charge in [0.1, 0.15) is 0 Å². The maximum atomic E-state index is 12.0. The molecule has 0 spiro atoms. The maximum absolute atomic E-state index is 12.0. The molecule has 0 aliphatic carbocycles. The topological polar surface area (TPSA) is 52.6 Å². The Balaban J connectivity index is 1.93. The summed E-state index contributed by atoms with van der Waals surface area (Å²) in [5.41, 5.74) is 0.778. The van der Waals surface area contributed by atoms with Gasteiger partial charge in [0.25, 0.3) is 0 Å². The largest absolute Gasteiger partial charge is 0.395 e. The number of para-hydroxylation sites is 1. The molecule has 104 valence electrons. The molecule has 1 aliphatic rings. The van der Waals surface area contributed by atoms with E-state index >= 15 is 0 Å². The van der Waals surface area contributed by atoms with Crippen molar-refractivity contribution in [3.63, 3.8) is 0 Å². The molecule has 5 heteroatoms. The normalized spacial score (nSPS) is 23.5. The van der Waals surface area contributed by atoms with E-state index < -0.39 is 0 Å². The van der Waals surface area contributed by atoms with E-state index in [9.17, 15) is 9.90 Å². The molecule has 2 unspecified atom stereocenters. The number of anilines is 1. The monoisotopic (exact) mass is 326 g/mol. The fourth-order valence-corrected chi connectivity index (χ4v) is 2.90. The van der Waals surface area contributed by atoms with E-state index in [0.717, 1.165) is 23.1 Å². The summed E-state index contributed by atoms with van der Waals surface area (Å²) in [4.78, 5) is 14.1. The predicted octanol–water partition coefficient (Wildman–Crippen LogP) is 2.09. The highest BCUT2D eigenvalue weighted by atomic mass is 79.9. The van der Waals surface area contributed by atoms with Crippen LogP contribution in [0, 0.1) is 5.92 Å². The van der Waals surface area contributed by atoms with Gasteiger partial charge in [0, 0.05) is 10.5 Å². The number of carbonyl (C=O) groups is 1. The summed E-state index contributed by atoms with van der Waals surface area (Å²) in [6.45, 7) is 3.43. The second kappa shape index (κ2) is 6.50. The van der Waals surface area contributed by atoms with Crippen LogP contribution in [0.15, 0.2) is 28.7 Å². The number of rotatable bonds is 4. The van der Waals surface area contributed by atoms with E-state index in [-0.39, 0.29) is 18.6 Å². The Morgan fingerprint density at radius 3 is 2.95 bits per heavy atom. The molecule has 2 atom stereocenters. The van der Waals surface area contributed by atoms with Crippen molar-refractivity contribution in [1.29, 1.82) is 0 Å². The molecule has 1 amide bonds. The standard InChI is InChI=1S/C14H19BrN2O2/c1-10-6-7-17(13(10)9-18)8-14(19)16-12-5-3-2-4-11(12)15/h2-5,10,13,18H,6-9H2,1H3,(H,16,19). The summed E-state index contributed by atoms with van der Waals surface area (Å²) >= 11 is 3.40. The molecule has 1 aliphatic heterocycles. The average Bonchev–Trinajstić information content (AvgIpc) is 2.72. The molecule has 0 aromatic heterocycles. The highest BCUT2D eigenvalue weighted by Gasteiger charge is 2.31. The number of carbonyl (C=O) groups excluding carboxylic acids is 1. The third-order valence-electron chi connectivity index (χ3n) is 3.68. The van der Waals surface area contributed by atoms with Crippen LogP contribution in [0.2, 0.25) is 0 Å². The maximum Gasteiger partial charge on any atom is 0.238 e. The summed E-state index contributed by atoms with van der Waals surface area (Å²) < 4.78 is 0.872.